The lowest BCUT2D eigenvalue weighted by molar-refractivity contribution is -0.147. The highest BCUT2D eigenvalue weighted by atomic mass is 19.4. The van der Waals surface area contributed by atoms with Crippen molar-refractivity contribution in [3.8, 4) is 0 Å². The number of rotatable bonds is 2. The van der Waals surface area contributed by atoms with Gasteiger partial charge in [-0.2, -0.15) is 13.2 Å². The van der Waals surface area contributed by atoms with Gasteiger partial charge in [0.05, 0.1) is 0 Å². The highest BCUT2D eigenvalue weighted by molar-refractivity contribution is 4.91. The zero-order chi connectivity index (χ0) is 9.19. The standard InChI is InChI=1S/C5H7F3N4/c6-5(7,8)4-11-10-3-12(4)2-1-9/h3H,1-2,9H2. The number of hydrogen-bond acceptors (Lipinski definition) is 3. The number of nitrogens with two attached hydrogens (primary N) is 1. The van der Waals surface area contributed by atoms with E-state index in [-0.39, 0.29) is 13.1 Å². The Hall–Kier alpha value is -1.11. The van der Waals surface area contributed by atoms with Crippen LogP contribution in [0.25, 0.3) is 0 Å². The van der Waals surface area contributed by atoms with Gasteiger partial charge in [0.1, 0.15) is 6.33 Å². The molecule has 0 atom stereocenters. The van der Waals surface area contributed by atoms with Crippen molar-refractivity contribution in [2.24, 2.45) is 5.73 Å². The van der Waals surface area contributed by atoms with Gasteiger partial charge in [-0.15, -0.1) is 10.2 Å². The molecule has 0 aliphatic rings. The largest absolute Gasteiger partial charge is 0.451 e. The summed E-state index contributed by atoms with van der Waals surface area (Å²) in [6, 6.07) is 0. The number of hydrogen-bond donors (Lipinski definition) is 1. The number of nitrogens with zero attached hydrogens (tertiary/aromatic N) is 3. The van der Waals surface area contributed by atoms with Crippen molar-refractivity contribution < 1.29 is 13.2 Å². The van der Waals surface area contributed by atoms with Gasteiger partial charge in [-0.1, -0.05) is 0 Å². The Bertz CT molecular complexity index is 253. The summed E-state index contributed by atoms with van der Waals surface area (Å²) < 4.78 is 37.0. The third-order valence-electron chi connectivity index (χ3n) is 1.24. The van der Waals surface area contributed by atoms with E-state index < -0.39 is 12.0 Å². The van der Waals surface area contributed by atoms with Gasteiger partial charge in [-0.25, -0.2) is 0 Å². The van der Waals surface area contributed by atoms with E-state index >= 15 is 0 Å². The maximum atomic E-state index is 12.0. The molecule has 1 aromatic heterocycles. The Balaban J connectivity index is 2.91. The topological polar surface area (TPSA) is 56.7 Å². The molecule has 0 aliphatic heterocycles. The monoisotopic (exact) mass is 180 g/mol. The SMILES string of the molecule is NCCn1cnnc1C(F)(F)F. The Morgan fingerprint density at radius 3 is 2.67 bits per heavy atom. The molecule has 0 aliphatic carbocycles. The molecule has 0 amide bonds. The first-order chi connectivity index (χ1) is 5.55. The number of aromatic nitrogens is 3. The number of halogens is 3. The van der Waals surface area contributed by atoms with Gasteiger partial charge in [-0.3, -0.25) is 0 Å². The Morgan fingerprint density at radius 1 is 1.50 bits per heavy atom. The Morgan fingerprint density at radius 2 is 2.17 bits per heavy atom. The van der Waals surface area contributed by atoms with E-state index in [2.05, 4.69) is 10.2 Å². The molecule has 12 heavy (non-hydrogen) atoms. The average Bonchev–Trinajstić information content (AvgIpc) is 2.34. The summed E-state index contributed by atoms with van der Waals surface area (Å²) in [4.78, 5) is 0. The van der Waals surface area contributed by atoms with E-state index in [9.17, 15) is 13.2 Å². The van der Waals surface area contributed by atoms with Crippen molar-refractivity contribution in [1.82, 2.24) is 14.8 Å². The minimum atomic E-state index is -4.45. The molecular formula is C5H7F3N4. The van der Waals surface area contributed by atoms with Crippen LogP contribution in [-0.4, -0.2) is 21.3 Å². The summed E-state index contributed by atoms with van der Waals surface area (Å²) in [7, 11) is 0. The van der Waals surface area contributed by atoms with Crippen molar-refractivity contribution in [2.75, 3.05) is 6.54 Å². The zero-order valence-corrected chi connectivity index (χ0v) is 6.04. The molecule has 1 rings (SSSR count). The molecule has 0 radical (unpaired) electrons. The van der Waals surface area contributed by atoms with Crippen molar-refractivity contribution in [2.45, 2.75) is 12.7 Å². The van der Waals surface area contributed by atoms with Gasteiger partial charge in [0.15, 0.2) is 0 Å². The van der Waals surface area contributed by atoms with Gasteiger partial charge in [0, 0.05) is 13.1 Å². The molecule has 0 fully saturated rings. The summed E-state index contributed by atoms with van der Waals surface area (Å²) >= 11 is 0. The maximum Gasteiger partial charge on any atom is 0.451 e. The van der Waals surface area contributed by atoms with Crippen molar-refractivity contribution in [1.29, 1.82) is 0 Å². The Labute approximate surface area is 66.2 Å². The van der Waals surface area contributed by atoms with Crippen LogP contribution >= 0.6 is 0 Å². The first-order valence-electron chi connectivity index (χ1n) is 3.21. The van der Waals surface area contributed by atoms with Crippen LogP contribution in [-0.2, 0) is 12.7 Å². The van der Waals surface area contributed by atoms with Crippen LogP contribution in [0.15, 0.2) is 6.33 Å². The average molecular weight is 180 g/mol. The first-order valence-corrected chi connectivity index (χ1v) is 3.21. The molecular weight excluding hydrogens is 173 g/mol. The van der Waals surface area contributed by atoms with Crippen LogP contribution in [0.1, 0.15) is 5.82 Å². The van der Waals surface area contributed by atoms with Crippen LogP contribution < -0.4 is 5.73 Å². The normalized spacial score (nSPS) is 12.0. The van der Waals surface area contributed by atoms with E-state index in [0.717, 1.165) is 10.9 Å². The lowest BCUT2D eigenvalue weighted by Crippen LogP contribution is -2.18. The summed E-state index contributed by atoms with van der Waals surface area (Å²) in [5.41, 5.74) is 5.09. The second-order valence-corrected chi connectivity index (χ2v) is 2.13. The summed E-state index contributed by atoms with van der Waals surface area (Å²) in [6.45, 7) is 0.197. The molecule has 7 heteroatoms. The third-order valence-corrected chi connectivity index (χ3v) is 1.24. The fraction of sp³-hybridized carbons (Fsp3) is 0.600. The lowest BCUT2D eigenvalue weighted by Gasteiger charge is -2.06. The quantitative estimate of drug-likeness (QED) is 0.710. The van der Waals surface area contributed by atoms with Gasteiger partial charge >= 0.3 is 6.18 Å². The molecule has 0 unspecified atom stereocenters. The molecule has 0 saturated carbocycles. The van der Waals surface area contributed by atoms with E-state index in [1.54, 1.807) is 0 Å². The third kappa shape index (κ3) is 1.73. The molecule has 0 saturated heterocycles. The molecule has 0 bridgehead atoms. The minimum Gasteiger partial charge on any atom is -0.329 e. The highest BCUT2D eigenvalue weighted by Gasteiger charge is 2.36. The predicted molar refractivity (Wildman–Crippen MR) is 34.1 cm³/mol. The molecule has 0 aromatic carbocycles. The summed E-state index contributed by atoms with van der Waals surface area (Å²) in [5, 5.41) is 6.08. The van der Waals surface area contributed by atoms with E-state index in [1.807, 2.05) is 0 Å². The van der Waals surface area contributed by atoms with E-state index in [0.29, 0.717) is 0 Å². The first kappa shape index (κ1) is 8.98. The van der Waals surface area contributed by atoms with Gasteiger partial charge in [0.2, 0.25) is 5.82 Å². The van der Waals surface area contributed by atoms with E-state index in [4.69, 9.17) is 5.73 Å². The van der Waals surface area contributed by atoms with Crippen molar-refractivity contribution in [3.63, 3.8) is 0 Å². The van der Waals surface area contributed by atoms with Crippen LogP contribution in [0.3, 0.4) is 0 Å². The zero-order valence-electron chi connectivity index (χ0n) is 6.04. The molecule has 1 aromatic rings. The number of alkyl halides is 3. The van der Waals surface area contributed by atoms with Gasteiger partial charge < -0.3 is 10.3 Å². The highest BCUT2D eigenvalue weighted by Crippen LogP contribution is 2.26. The molecule has 0 spiro atoms. The second-order valence-electron chi connectivity index (χ2n) is 2.13. The van der Waals surface area contributed by atoms with Crippen LogP contribution in [0.4, 0.5) is 13.2 Å². The van der Waals surface area contributed by atoms with Gasteiger partial charge in [0.25, 0.3) is 0 Å². The lowest BCUT2D eigenvalue weighted by atomic mass is 10.5. The minimum absolute atomic E-state index is 0.0713. The summed E-state index contributed by atoms with van der Waals surface area (Å²) in [6.07, 6.45) is -3.44. The van der Waals surface area contributed by atoms with E-state index in [1.165, 1.54) is 0 Å². The molecule has 1 heterocycles. The van der Waals surface area contributed by atoms with Gasteiger partial charge in [-0.05, 0) is 0 Å². The second kappa shape index (κ2) is 3.10. The molecule has 4 nitrogen and oxygen atoms in total. The van der Waals surface area contributed by atoms with Crippen LogP contribution in [0, 0.1) is 0 Å². The maximum absolute atomic E-state index is 12.0. The molecule has 2 N–H and O–H groups in total. The van der Waals surface area contributed by atoms with Crippen LogP contribution in [0.5, 0.6) is 0 Å². The van der Waals surface area contributed by atoms with Crippen LogP contribution in [0.2, 0.25) is 0 Å². The van der Waals surface area contributed by atoms with Crippen molar-refractivity contribution in [3.05, 3.63) is 12.2 Å². The summed E-state index contributed by atoms with van der Waals surface area (Å²) in [5.74, 6) is -1.01. The predicted octanol–water partition coefficient (Wildman–Crippen LogP) is 0.256. The smallest absolute Gasteiger partial charge is 0.329 e. The Kier molecular flexibility index (Phi) is 2.32. The fourth-order valence-electron chi connectivity index (χ4n) is 0.777. The van der Waals surface area contributed by atoms with Crippen molar-refractivity contribution >= 4 is 0 Å². The molecule has 68 valence electrons. The fourth-order valence-corrected chi connectivity index (χ4v) is 0.777.